The minimum absolute atomic E-state index is 0.201. The summed E-state index contributed by atoms with van der Waals surface area (Å²) in [7, 11) is 4.56. The average molecular weight is 482 g/mol. The van der Waals surface area contributed by atoms with Gasteiger partial charge in [0.15, 0.2) is 23.0 Å². The van der Waals surface area contributed by atoms with Gasteiger partial charge in [0.05, 0.1) is 40.2 Å². The number of benzene rings is 2. The van der Waals surface area contributed by atoms with E-state index in [4.69, 9.17) is 23.7 Å². The minimum atomic E-state index is -0.383. The Hall–Kier alpha value is -4.21. The monoisotopic (exact) mass is 481 g/mol. The van der Waals surface area contributed by atoms with E-state index in [9.17, 15) is 9.59 Å². The number of ether oxygens (including phenoxy) is 5. The smallest absolute Gasteiger partial charge is 0.267 e. The second-order valence-electron chi connectivity index (χ2n) is 7.74. The van der Waals surface area contributed by atoms with Gasteiger partial charge in [-0.15, -0.1) is 0 Å². The minimum Gasteiger partial charge on any atom is -0.493 e. The number of nitrogens with one attached hydrogen (secondary N) is 1. The van der Waals surface area contributed by atoms with Gasteiger partial charge in [0.1, 0.15) is 6.54 Å². The molecule has 1 aromatic heterocycles. The van der Waals surface area contributed by atoms with E-state index in [1.807, 2.05) is 18.2 Å². The van der Waals surface area contributed by atoms with Crippen LogP contribution in [-0.2, 0) is 17.9 Å². The van der Waals surface area contributed by atoms with Crippen LogP contribution in [0.25, 0.3) is 11.3 Å². The molecule has 1 aliphatic heterocycles. The number of nitrogens with zero attached hydrogens (tertiary/aromatic N) is 2. The fraction of sp³-hybridized carbons (Fsp3) is 0.320. The number of hydrogen-bond donors (Lipinski definition) is 1. The molecule has 0 atom stereocenters. The first-order chi connectivity index (χ1) is 17.0. The van der Waals surface area contributed by atoms with E-state index in [0.29, 0.717) is 47.7 Å². The zero-order chi connectivity index (χ0) is 24.8. The molecule has 0 spiro atoms. The molecular weight excluding hydrogens is 454 g/mol. The van der Waals surface area contributed by atoms with Crippen molar-refractivity contribution in [2.24, 2.45) is 0 Å². The highest BCUT2D eigenvalue weighted by molar-refractivity contribution is 5.75. The molecule has 0 radical (unpaired) electrons. The van der Waals surface area contributed by atoms with E-state index >= 15 is 0 Å². The lowest BCUT2D eigenvalue weighted by Gasteiger charge is -2.14. The summed E-state index contributed by atoms with van der Waals surface area (Å²) in [6, 6.07) is 12.0. The van der Waals surface area contributed by atoms with Crippen LogP contribution in [0.15, 0.2) is 47.3 Å². The van der Waals surface area contributed by atoms with Crippen LogP contribution >= 0.6 is 0 Å². The van der Waals surface area contributed by atoms with E-state index in [1.165, 1.54) is 27.4 Å². The maximum absolute atomic E-state index is 12.6. The number of rotatable bonds is 8. The Morgan fingerprint density at radius 1 is 0.971 bits per heavy atom. The van der Waals surface area contributed by atoms with Crippen molar-refractivity contribution in [3.05, 3.63) is 58.4 Å². The van der Waals surface area contributed by atoms with Gasteiger partial charge in [-0.05, 0) is 42.0 Å². The van der Waals surface area contributed by atoms with Crippen LogP contribution in [0.4, 0.5) is 0 Å². The SMILES string of the molecule is COc1cc(CNC(=O)Cn2nc(-c3ccc4c(c3)OCCCO4)ccc2=O)cc(OC)c1OC. The third-order valence-corrected chi connectivity index (χ3v) is 5.42. The van der Waals surface area contributed by atoms with Crippen molar-refractivity contribution in [1.82, 2.24) is 15.1 Å². The highest BCUT2D eigenvalue weighted by atomic mass is 16.5. The summed E-state index contributed by atoms with van der Waals surface area (Å²) in [5.41, 5.74) is 1.65. The van der Waals surface area contributed by atoms with Crippen LogP contribution in [0.5, 0.6) is 28.7 Å². The summed E-state index contributed by atoms with van der Waals surface area (Å²) in [4.78, 5) is 25.0. The second kappa shape index (κ2) is 10.8. The Kier molecular flexibility index (Phi) is 7.39. The molecule has 0 saturated heterocycles. The summed E-state index contributed by atoms with van der Waals surface area (Å²) >= 11 is 0. The van der Waals surface area contributed by atoms with Crippen LogP contribution in [-0.4, -0.2) is 50.2 Å². The molecule has 2 heterocycles. The van der Waals surface area contributed by atoms with E-state index in [1.54, 1.807) is 18.2 Å². The van der Waals surface area contributed by atoms with Crippen molar-refractivity contribution in [3.8, 4) is 40.0 Å². The molecule has 184 valence electrons. The number of carbonyl (C=O) groups excluding carboxylic acids is 1. The third kappa shape index (κ3) is 5.48. The van der Waals surface area contributed by atoms with Crippen LogP contribution in [0, 0.1) is 0 Å². The third-order valence-electron chi connectivity index (χ3n) is 5.42. The van der Waals surface area contributed by atoms with Crippen molar-refractivity contribution >= 4 is 5.91 Å². The number of amides is 1. The number of aromatic nitrogens is 2. The first-order valence-electron chi connectivity index (χ1n) is 11.1. The van der Waals surface area contributed by atoms with Crippen LogP contribution in [0.2, 0.25) is 0 Å². The van der Waals surface area contributed by atoms with Crippen molar-refractivity contribution in [1.29, 1.82) is 0 Å². The maximum Gasteiger partial charge on any atom is 0.267 e. The molecule has 35 heavy (non-hydrogen) atoms. The van der Waals surface area contributed by atoms with Gasteiger partial charge in [-0.25, -0.2) is 4.68 Å². The quantitative estimate of drug-likeness (QED) is 0.522. The summed E-state index contributed by atoms with van der Waals surface area (Å²) in [5.74, 6) is 2.36. The molecule has 0 saturated carbocycles. The fourth-order valence-electron chi connectivity index (χ4n) is 3.67. The van der Waals surface area contributed by atoms with Crippen LogP contribution in [0.3, 0.4) is 0 Å². The molecule has 0 unspecified atom stereocenters. The maximum atomic E-state index is 12.6. The molecule has 0 fully saturated rings. The predicted molar refractivity (Wildman–Crippen MR) is 127 cm³/mol. The number of carbonyl (C=O) groups is 1. The van der Waals surface area contributed by atoms with Crippen molar-refractivity contribution < 1.29 is 28.5 Å². The van der Waals surface area contributed by atoms with Crippen molar-refractivity contribution in [2.45, 2.75) is 19.5 Å². The van der Waals surface area contributed by atoms with Crippen molar-refractivity contribution in [2.75, 3.05) is 34.5 Å². The van der Waals surface area contributed by atoms with Crippen LogP contribution < -0.4 is 34.6 Å². The Labute approximate surface area is 202 Å². The van der Waals surface area contributed by atoms with Gasteiger partial charge in [-0.1, -0.05) is 0 Å². The zero-order valence-electron chi connectivity index (χ0n) is 19.8. The topological polar surface area (TPSA) is 110 Å². The highest BCUT2D eigenvalue weighted by Gasteiger charge is 2.15. The predicted octanol–water partition coefficient (Wildman–Crippen LogP) is 2.41. The Morgan fingerprint density at radius 3 is 2.37 bits per heavy atom. The molecule has 10 nitrogen and oxygen atoms in total. The molecule has 4 rings (SSSR count). The van der Waals surface area contributed by atoms with Crippen LogP contribution in [0.1, 0.15) is 12.0 Å². The Morgan fingerprint density at radius 2 is 1.69 bits per heavy atom. The molecule has 1 N–H and O–H groups in total. The number of fused-ring (bicyclic) bond motifs is 1. The van der Waals surface area contributed by atoms with Gasteiger partial charge in [-0.2, -0.15) is 5.10 Å². The Bertz CT molecular complexity index is 1250. The lowest BCUT2D eigenvalue weighted by molar-refractivity contribution is -0.122. The molecule has 3 aromatic rings. The van der Waals surface area contributed by atoms with Crippen molar-refractivity contribution in [3.63, 3.8) is 0 Å². The summed E-state index contributed by atoms with van der Waals surface area (Å²) in [5, 5.41) is 7.17. The summed E-state index contributed by atoms with van der Waals surface area (Å²) in [6.07, 6.45) is 0.804. The lowest BCUT2D eigenvalue weighted by Crippen LogP contribution is -2.33. The number of hydrogen-bond acceptors (Lipinski definition) is 8. The second-order valence-corrected chi connectivity index (χ2v) is 7.74. The molecule has 0 bridgehead atoms. The summed E-state index contributed by atoms with van der Waals surface area (Å²) < 4.78 is 28.5. The van der Waals surface area contributed by atoms with Gasteiger partial charge < -0.3 is 29.0 Å². The highest BCUT2D eigenvalue weighted by Crippen LogP contribution is 2.38. The molecule has 2 aromatic carbocycles. The zero-order valence-corrected chi connectivity index (χ0v) is 19.8. The van der Waals surface area contributed by atoms with Gasteiger partial charge >= 0.3 is 0 Å². The van der Waals surface area contributed by atoms with E-state index in [0.717, 1.165) is 22.2 Å². The number of methoxy groups -OCH3 is 3. The van der Waals surface area contributed by atoms with Gasteiger partial charge in [0, 0.05) is 24.6 Å². The normalized spacial score (nSPS) is 12.4. The fourth-order valence-corrected chi connectivity index (χ4v) is 3.67. The largest absolute Gasteiger partial charge is 0.493 e. The molecule has 0 aliphatic carbocycles. The molecule has 1 aliphatic rings. The molecular formula is C25H27N3O7. The molecule has 1 amide bonds. The van der Waals surface area contributed by atoms with E-state index in [-0.39, 0.29) is 24.6 Å². The Balaban J connectivity index is 1.47. The summed E-state index contributed by atoms with van der Waals surface area (Å²) in [6.45, 7) is 1.13. The average Bonchev–Trinajstić information content (AvgIpc) is 3.13. The first kappa shape index (κ1) is 23.9. The van der Waals surface area contributed by atoms with E-state index in [2.05, 4.69) is 10.4 Å². The first-order valence-corrected chi connectivity index (χ1v) is 11.1. The van der Waals surface area contributed by atoms with E-state index < -0.39 is 0 Å². The van der Waals surface area contributed by atoms with Gasteiger partial charge in [0.2, 0.25) is 11.7 Å². The molecule has 10 heteroatoms. The lowest BCUT2D eigenvalue weighted by atomic mass is 10.1. The standard InChI is InChI=1S/C25H27N3O7/c1-31-21-11-16(12-22(32-2)25(21)33-3)14-26-23(29)15-28-24(30)8-6-18(27-28)17-5-7-19-20(13-17)35-10-4-9-34-19/h5-8,11-13H,4,9-10,14-15H2,1-3H3,(H,26,29). The van der Waals surface area contributed by atoms with Gasteiger partial charge in [0.25, 0.3) is 5.56 Å². The van der Waals surface area contributed by atoms with Gasteiger partial charge in [-0.3, -0.25) is 9.59 Å².